The molecule has 0 N–H and O–H groups in total. The highest BCUT2D eigenvalue weighted by atomic mass is 35.5. The molecule has 0 spiro atoms. The minimum atomic E-state index is -4.47. The number of rotatable bonds is 2. The highest BCUT2D eigenvalue weighted by Gasteiger charge is 2.32. The van der Waals surface area contributed by atoms with Crippen LogP contribution in [-0.2, 0) is 12.6 Å². The van der Waals surface area contributed by atoms with Crippen LogP contribution in [0.4, 0.5) is 13.2 Å². The van der Waals surface area contributed by atoms with Gasteiger partial charge in [-0.1, -0.05) is 35.9 Å². The monoisotopic (exact) mass is 323 g/mol. The highest BCUT2D eigenvalue weighted by molar-refractivity contribution is 6.34. The number of alkyl halides is 3. The van der Waals surface area contributed by atoms with Crippen LogP contribution in [0.15, 0.2) is 42.6 Å². The average Bonchev–Trinajstić information content (AvgIpc) is 2.50. The smallest absolute Gasteiger partial charge is 0.252 e. The summed E-state index contributed by atoms with van der Waals surface area (Å²) in [7, 11) is 0. The van der Waals surface area contributed by atoms with Gasteiger partial charge in [0.05, 0.1) is 5.69 Å². The predicted octanol–water partition coefficient (Wildman–Crippen LogP) is 4.29. The Labute approximate surface area is 128 Å². The first-order chi connectivity index (χ1) is 10.4. The zero-order valence-corrected chi connectivity index (χ0v) is 11.9. The summed E-state index contributed by atoms with van der Waals surface area (Å²) in [6.45, 7) is 0. The minimum absolute atomic E-state index is 0.219. The molecule has 2 aromatic heterocycles. The van der Waals surface area contributed by atoms with Crippen molar-refractivity contribution in [2.45, 2.75) is 12.6 Å². The topological polar surface area (TPSA) is 38.7 Å². The Hall–Kier alpha value is -2.21. The largest absolute Gasteiger partial charge is 0.433 e. The molecule has 22 heavy (non-hydrogen) atoms. The summed E-state index contributed by atoms with van der Waals surface area (Å²) in [6.07, 6.45) is -3.11. The van der Waals surface area contributed by atoms with Crippen molar-refractivity contribution in [2.24, 2.45) is 0 Å². The van der Waals surface area contributed by atoms with Gasteiger partial charge in [-0.3, -0.25) is 4.98 Å². The van der Waals surface area contributed by atoms with Gasteiger partial charge in [-0.25, -0.2) is 0 Å². The molecule has 0 aliphatic rings. The van der Waals surface area contributed by atoms with E-state index >= 15 is 0 Å². The molecule has 1 aromatic carbocycles. The lowest BCUT2D eigenvalue weighted by atomic mass is 10.0. The van der Waals surface area contributed by atoms with Crippen molar-refractivity contribution < 1.29 is 13.2 Å². The third-order valence-electron chi connectivity index (χ3n) is 3.21. The molecule has 112 valence electrons. The number of hydrogen-bond donors (Lipinski definition) is 0. The molecule has 0 unspecified atom stereocenters. The molecule has 2 heterocycles. The van der Waals surface area contributed by atoms with Crippen LogP contribution in [0, 0.1) is 0 Å². The molecule has 0 fully saturated rings. The Morgan fingerprint density at radius 1 is 1.00 bits per heavy atom. The molecule has 0 radical (unpaired) electrons. The second-order valence-corrected chi connectivity index (χ2v) is 5.06. The number of pyridine rings is 1. The van der Waals surface area contributed by atoms with Crippen LogP contribution < -0.4 is 0 Å². The standard InChI is InChI=1S/C15H9ClF3N3/c16-14-11-4-2-1-3-10(11)12(21-22-14)7-9-5-6-20-13(8-9)15(17,18)19/h1-6,8H,7H2. The summed E-state index contributed by atoms with van der Waals surface area (Å²) in [5, 5.41) is 9.62. The molecule has 0 aliphatic heterocycles. The predicted molar refractivity (Wildman–Crippen MR) is 76.6 cm³/mol. The summed E-state index contributed by atoms with van der Waals surface area (Å²) in [5.41, 5.74) is 0.111. The number of hydrogen-bond acceptors (Lipinski definition) is 3. The molecule has 0 amide bonds. The first-order valence-corrected chi connectivity index (χ1v) is 6.75. The van der Waals surface area contributed by atoms with E-state index in [0.717, 1.165) is 23.0 Å². The first kappa shape index (κ1) is 14.7. The van der Waals surface area contributed by atoms with Gasteiger partial charge in [0.15, 0.2) is 5.15 Å². The van der Waals surface area contributed by atoms with Crippen molar-refractivity contribution in [1.82, 2.24) is 15.2 Å². The molecule has 0 saturated carbocycles. The lowest BCUT2D eigenvalue weighted by molar-refractivity contribution is -0.141. The molecular formula is C15H9ClF3N3. The second kappa shape index (κ2) is 5.53. The van der Waals surface area contributed by atoms with Gasteiger partial charge in [0.25, 0.3) is 0 Å². The van der Waals surface area contributed by atoms with E-state index in [-0.39, 0.29) is 11.6 Å². The molecule has 3 rings (SSSR count). The maximum absolute atomic E-state index is 12.7. The van der Waals surface area contributed by atoms with E-state index in [1.165, 1.54) is 6.07 Å². The van der Waals surface area contributed by atoms with Gasteiger partial charge in [0, 0.05) is 23.4 Å². The van der Waals surface area contributed by atoms with Crippen LogP contribution in [0.25, 0.3) is 10.8 Å². The lowest BCUT2D eigenvalue weighted by Crippen LogP contribution is -2.08. The molecular weight excluding hydrogens is 315 g/mol. The molecule has 3 nitrogen and oxygen atoms in total. The first-order valence-electron chi connectivity index (χ1n) is 6.37. The van der Waals surface area contributed by atoms with E-state index in [9.17, 15) is 13.2 Å². The SMILES string of the molecule is FC(F)(F)c1cc(Cc2nnc(Cl)c3ccccc23)ccn1. The Morgan fingerprint density at radius 2 is 1.73 bits per heavy atom. The fraction of sp³-hybridized carbons (Fsp3) is 0.133. The van der Waals surface area contributed by atoms with E-state index in [1.54, 1.807) is 6.07 Å². The van der Waals surface area contributed by atoms with Crippen molar-refractivity contribution in [3.63, 3.8) is 0 Å². The van der Waals surface area contributed by atoms with Gasteiger partial charge in [-0.15, -0.1) is 5.10 Å². The summed E-state index contributed by atoms with van der Waals surface area (Å²) < 4.78 is 38.1. The lowest BCUT2D eigenvalue weighted by Gasteiger charge is -2.09. The van der Waals surface area contributed by atoms with Crippen molar-refractivity contribution in [3.8, 4) is 0 Å². The van der Waals surface area contributed by atoms with Gasteiger partial charge >= 0.3 is 6.18 Å². The number of nitrogens with zero attached hydrogens (tertiary/aromatic N) is 3. The summed E-state index contributed by atoms with van der Waals surface area (Å²) >= 11 is 5.98. The maximum atomic E-state index is 12.7. The number of benzene rings is 1. The van der Waals surface area contributed by atoms with Crippen LogP contribution in [0.5, 0.6) is 0 Å². The average molecular weight is 324 g/mol. The van der Waals surface area contributed by atoms with Crippen LogP contribution >= 0.6 is 11.6 Å². The Bertz CT molecular complexity index is 834. The van der Waals surface area contributed by atoms with E-state index < -0.39 is 11.9 Å². The summed E-state index contributed by atoms with van der Waals surface area (Å²) in [6, 6.07) is 9.79. The number of halogens is 4. The maximum Gasteiger partial charge on any atom is 0.433 e. The quantitative estimate of drug-likeness (QED) is 0.706. The summed E-state index contributed by atoms with van der Waals surface area (Å²) in [5.74, 6) is 0. The fourth-order valence-electron chi connectivity index (χ4n) is 2.19. The third-order valence-corrected chi connectivity index (χ3v) is 3.48. The summed E-state index contributed by atoms with van der Waals surface area (Å²) in [4.78, 5) is 3.35. The number of fused-ring (bicyclic) bond motifs is 1. The molecule has 0 aliphatic carbocycles. The van der Waals surface area contributed by atoms with Gasteiger partial charge in [0.2, 0.25) is 0 Å². The van der Waals surface area contributed by atoms with E-state index in [0.29, 0.717) is 11.3 Å². The zero-order chi connectivity index (χ0) is 15.7. The van der Waals surface area contributed by atoms with Gasteiger partial charge in [-0.2, -0.15) is 18.3 Å². The third kappa shape index (κ3) is 2.87. The van der Waals surface area contributed by atoms with Crippen LogP contribution in [0.1, 0.15) is 17.0 Å². The van der Waals surface area contributed by atoms with E-state index in [4.69, 9.17) is 11.6 Å². The Morgan fingerprint density at radius 3 is 2.45 bits per heavy atom. The van der Waals surface area contributed by atoms with Gasteiger partial charge < -0.3 is 0 Å². The highest BCUT2D eigenvalue weighted by Crippen LogP contribution is 2.29. The fourth-order valence-corrected chi connectivity index (χ4v) is 2.39. The van der Waals surface area contributed by atoms with Crippen molar-refractivity contribution in [3.05, 3.63) is 64.7 Å². The molecule has 3 aromatic rings. The van der Waals surface area contributed by atoms with Crippen LogP contribution in [0.2, 0.25) is 5.15 Å². The van der Waals surface area contributed by atoms with Gasteiger partial charge in [-0.05, 0) is 17.7 Å². The molecule has 0 bridgehead atoms. The second-order valence-electron chi connectivity index (χ2n) is 4.71. The Kier molecular flexibility index (Phi) is 3.70. The van der Waals surface area contributed by atoms with Crippen LogP contribution in [-0.4, -0.2) is 15.2 Å². The van der Waals surface area contributed by atoms with Gasteiger partial charge in [0.1, 0.15) is 5.69 Å². The van der Waals surface area contributed by atoms with Crippen LogP contribution in [0.3, 0.4) is 0 Å². The van der Waals surface area contributed by atoms with Crippen molar-refractivity contribution in [2.75, 3.05) is 0 Å². The van der Waals surface area contributed by atoms with E-state index in [2.05, 4.69) is 15.2 Å². The Balaban J connectivity index is 2.03. The molecule has 0 atom stereocenters. The van der Waals surface area contributed by atoms with Crippen molar-refractivity contribution >= 4 is 22.4 Å². The number of aromatic nitrogens is 3. The van der Waals surface area contributed by atoms with E-state index in [1.807, 2.05) is 18.2 Å². The minimum Gasteiger partial charge on any atom is -0.252 e. The molecule has 0 saturated heterocycles. The van der Waals surface area contributed by atoms with Crippen molar-refractivity contribution in [1.29, 1.82) is 0 Å². The normalized spacial score (nSPS) is 11.8. The molecule has 7 heteroatoms. The zero-order valence-electron chi connectivity index (χ0n) is 11.1.